The van der Waals surface area contributed by atoms with Crippen LogP contribution in [-0.4, -0.2) is 76.1 Å². The lowest BCUT2D eigenvalue weighted by Crippen LogP contribution is -2.41. The molecule has 11 rings (SSSR count). The first-order chi connectivity index (χ1) is 31.8. The first-order valence-corrected chi connectivity index (χ1v) is 24.2. The SMILES string of the molecule is Cc1cc(-n2nc3c(c2-n2ccn(-c4ccc(P5(=O)C=CN(C)C=C5)cc4)c2=O)[C@H](C)N(C(=O)c2cc4cc(C5CCOCC5)ccc4n2[C@@]2(c4noc(=O)[nH]4)C[C@@H]2C)CC3)cc(C)c1F.Cl. The van der Waals surface area contributed by atoms with Crippen LogP contribution in [0.25, 0.3) is 28.1 Å². The summed E-state index contributed by atoms with van der Waals surface area (Å²) < 4.78 is 46.4. The molecule has 7 heterocycles. The number of ether oxygens (including phenoxy) is 1. The Bertz CT molecular complexity index is 3310. The molecule has 0 bridgehead atoms. The molecule has 3 aromatic carbocycles. The van der Waals surface area contributed by atoms with Crippen LogP contribution >= 0.6 is 19.5 Å². The highest BCUT2D eigenvalue weighted by atomic mass is 35.5. The number of imidazole rings is 1. The molecule has 2 fully saturated rings. The summed E-state index contributed by atoms with van der Waals surface area (Å²) in [5, 5.41) is 10.8. The standard InChI is InChI=1S/C49H49FN9O6P.ClH/c1-29-24-37(25-30(2)43(29)50)59-44(57-17-16-56(48(57)62)36-7-9-38(10-8-36)66(63)22-18-54(5)19-23-66)42-32(4)55(15-12-39(42)52-59)45(60)41-27-35-26-34(33-13-20-64-21-14-33)6-11-40(35)58(41)49(28-31(49)3)46-51-47(61)65-53-46;/h6-11,16-19,22-27,31-33H,12-15,20-21,28H2,1-5H3,(H,51,53,61);1H/t31-,32-,49-;/m0./s1. The minimum Gasteiger partial charge on any atom is -0.381 e. The molecule has 1 aliphatic carbocycles. The molecule has 0 spiro atoms. The number of amides is 1. The quantitative estimate of drug-likeness (QED) is 0.149. The zero-order valence-corrected chi connectivity index (χ0v) is 39.4. The van der Waals surface area contributed by atoms with Crippen molar-refractivity contribution < 1.29 is 23.0 Å². The van der Waals surface area contributed by atoms with Gasteiger partial charge < -0.3 is 23.7 Å². The average Bonchev–Trinajstić information content (AvgIpc) is 3.82. The summed E-state index contributed by atoms with van der Waals surface area (Å²) in [5.74, 6) is 3.34. The van der Waals surface area contributed by atoms with Gasteiger partial charge >= 0.3 is 11.4 Å². The summed E-state index contributed by atoms with van der Waals surface area (Å²) in [6.07, 6.45) is 9.74. The van der Waals surface area contributed by atoms with Crippen molar-refractivity contribution in [3.05, 3.63) is 163 Å². The van der Waals surface area contributed by atoms with E-state index in [1.54, 1.807) is 91.4 Å². The number of nitrogens with one attached hydrogen (secondary N) is 1. The molecule has 18 heteroatoms. The second-order valence-electron chi connectivity index (χ2n) is 18.3. The van der Waals surface area contributed by atoms with E-state index in [-0.39, 0.29) is 30.0 Å². The Balaban J connectivity index is 0.00000525. The van der Waals surface area contributed by atoms with Gasteiger partial charge in [-0.3, -0.25) is 23.4 Å². The highest BCUT2D eigenvalue weighted by Crippen LogP contribution is 2.56. The van der Waals surface area contributed by atoms with Gasteiger partial charge in [0.05, 0.1) is 23.1 Å². The van der Waals surface area contributed by atoms with Gasteiger partial charge in [0.15, 0.2) is 13.0 Å². The fourth-order valence-electron chi connectivity index (χ4n) is 10.5. The van der Waals surface area contributed by atoms with Gasteiger partial charge in [-0.25, -0.2) is 18.7 Å². The Labute approximate surface area is 390 Å². The second kappa shape index (κ2) is 16.4. The Kier molecular flexibility index (Phi) is 10.9. The number of aryl methyl sites for hydroxylation is 2. The van der Waals surface area contributed by atoms with Gasteiger partial charge in [-0.2, -0.15) is 5.10 Å². The predicted molar refractivity (Wildman–Crippen MR) is 254 cm³/mol. The lowest BCUT2D eigenvalue weighted by molar-refractivity contribution is 0.0663. The largest absolute Gasteiger partial charge is 0.438 e. The number of fused-ring (bicyclic) bond motifs is 2. The maximum Gasteiger partial charge on any atom is 0.438 e. The molecule has 67 heavy (non-hydrogen) atoms. The summed E-state index contributed by atoms with van der Waals surface area (Å²) in [6, 6.07) is 18.3. The minimum absolute atomic E-state index is 0. The van der Waals surface area contributed by atoms with Crippen molar-refractivity contribution in [2.24, 2.45) is 5.92 Å². The van der Waals surface area contributed by atoms with Gasteiger partial charge in [0.2, 0.25) is 0 Å². The van der Waals surface area contributed by atoms with E-state index in [1.165, 1.54) is 14.7 Å². The van der Waals surface area contributed by atoms with Crippen LogP contribution in [0.2, 0.25) is 0 Å². The van der Waals surface area contributed by atoms with Crippen molar-refractivity contribution in [1.82, 2.24) is 43.4 Å². The number of hydrogen-bond acceptors (Lipinski definition) is 9. The summed E-state index contributed by atoms with van der Waals surface area (Å²) in [6.45, 7) is 9.14. The smallest absolute Gasteiger partial charge is 0.381 e. The van der Waals surface area contributed by atoms with Crippen molar-refractivity contribution >= 4 is 41.7 Å². The molecule has 7 aromatic rings. The summed E-state index contributed by atoms with van der Waals surface area (Å²) in [5.41, 5.74) is 4.63. The van der Waals surface area contributed by atoms with Crippen LogP contribution in [0.1, 0.15) is 89.3 Å². The van der Waals surface area contributed by atoms with Gasteiger partial charge in [0.1, 0.15) is 22.9 Å². The topological polar surface area (TPSA) is 158 Å². The third-order valence-electron chi connectivity index (χ3n) is 14.2. The fourth-order valence-corrected chi connectivity index (χ4v) is 12.3. The van der Waals surface area contributed by atoms with Crippen LogP contribution < -0.4 is 16.8 Å². The normalized spacial score (nSPS) is 21.2. The van der Waals surface area contributed by atoms with Crippen molar-refractivity contribution in [2.45, 2.75) is 70.9 Å². The molecule has 0 radical (unpaired) electrons. The molecule has 4 aromatic heterocycles. The van der Waals surface area contributed by atoms with E-state index in [2.05, 4.69) is 35.3 Å². The van der Waals surface area contributed by atoms with Gasteiger partial charge in [0.25, 0.3) is 5.91 Å². The number of aromatic nitrogens is 7. The summed E-state index contributed by atoms with van der Waals surface area (Å²) in [7, 11) is -1.04. The van der Waals surface area contributed by atoms with Gasteiger partial charge in [-0.05, 0) is 135 Å². The van der Waals surface area contributed by atoms with Crippen LogP contribution in [0.15, 0.2) is 111 Å². The average molecular weight is 946 g/mol. The zero-order valence-electron chi connectivity index (χ0n) is 37.7. The molecule has 1 saturated carbocycles. The monoisotopic (exact) mass is 945 g/mol. The van der Waals surface area contributed by atoms with E-state index in [9.17, 15) is 14.2 Å². The van der Waals surface area contributed by atoms with E-state index in [1.807, 2.05) is 34.4 Å². The van der Waals surface area contributed by atoms with Crippen molar-refractivity contribution in [2.75, 3.05) is 26.8 Å². The maximum atomic E-state index is 15.5. The van der Waals surface area contributed by atoms with Crippen molar-refractivity contribution in [1.29, 1.82) is 0 Å². The summed E-state index contributed by atoms with van der Waals surface area (Å²) in [4.78, 5) is 49.1. The van der Waals surface area contributed by atoms with Crippen LogP contribution in [0.3, 0.4) is 0 Å². The molecule has 15 nitrogen and oxygen atoms in total. The number of carbonyl (C=O) groups excluding carboxylic acids is 1. The predicted octanol–water partition coefficient (Wildman–Crippen LogP) is 7.94. The van der Waals surface area contributed by atoms with Crippen LogP contribution in [0, 0.1) is 25.6 Å². The molecule has 0 unspecified atom stereocenters. The van der Waals surface area contributed by atoms with Crippen molar-refractivity contribution in [3.63, 3.8) is 0 Å². The number of carbonyl (C=O) groups is 1. The van der Waals surface area contributed by atoms with Crippen molar-refractivity contribution in [3.8, 4) is 17.2 Å². The summed E-state index contributed by atoms with van der Waals surface area (Å²) >= 11 is 0. The van der Waals surface area contributed by atoms with Gasteiger partial charge in [-0.1, -0.05) is 18.1 Å². The van der Waals surface area contributed by atoms with E-state index < -0.39 is 30.2 Å². The molecule has 1 N–H and O–H groups in total. The lowest BCUT2D eigenvalue weighted by Gasteiger charge is -2.34. The lowest BCUT2D eigenvalue weighted by atomic mass is 9.91. The molecule has 3 atom stereocenters. The number of rotatable bonds is 8. The van der Waals surface area contributed by atoms with Gasteiger partial charge in [-0.15, -0.1) is 12.4 Å². The number of halogens is 2. The van der Waals surface area contributed by atoms with Crippen LogP contribution in [0.5, 0.6) is 0 Å². The Morgan fingerprint density at radius 1 is 0.925 bits per heavy atom. The van der Waals surface area contributed by atoms with E-state index >= 15 is 9.18 Å². The van der Waals surface area contributed by atoms with E-state index in [4.69, 9.17) is 14.4 Å². The van der Waals surface area contributed by atoms with E-state index in [0.29, 0.717) is 94.9 Å². The molecule has 4 aliphatic rings. The number of H-pyrrole nitrogens is 1. The Hall–Kier alpha value is -6.48. The molecule has 346 valence electrons. The third-order valence-corrected chi connectivity index (χ3v) is 16.5. The minimum atomic E-state index is -2.91. The van der Waals surface area contributed by atoms with Crippen LogP contribution in [-0.2, 0) is 21.3 Å². The maximum absolute atomic E-state index is 15.5. The number of aromatic amines is 1. The molecule has 3 aliphatic heterocycles. The Morgan fingerprint density at radius 2 is 1.61 bits per heavy atom. The van der Waals surface area contributed by atoms with Crippen LogP contribution in [0.4, 0.5) is 4.39 Å². The first-order valence-electron chi connectivity index (χ1n) is 22.4. The molecular weight excluding hydrogens is 896 g/mol. The Morgan fingerprint density at radius 3 is 2.27 bits per heavy atom. The zero-order chi connectivity index (χ0) is 45.8. The number of nitrogens with zero attached hydrogens (tertiary/aromatic N) is 8. The second-order valence-corrected chi connectivity index (χ2v) is 20.8. The molecule has 1 saturated heterocycles. The number of hydrogen-bond donors (Lipinski definition) is 1. The molecule has 1 amide bonds. The fraction of sp³-hybridized carbons (Fsp3) is 0.327. The highest BCUT2D eigenvalue weighted by molar-refractivity contribution is 7.77. The molecular formula is C49H50ClFN9O6P. The highest BCUT2D eigenvalue weighted by Gasteiger charge is 2.59. The van der Waals surface area contributed by atoms with Gasteiger partial charge in [0, 0.05) is 79.8 Å². The third kappa shape index (κ3) is 7.10. The first kappa shape index (κ1) is 44.4. The number of benzene rings is 3. The van der Waals surface area contributed by atoms with E-state index in [0.717, 1.165) is 23.7 Å².